The van der Waals surface area contributed by atoms with Crippen molar-refractivity contribution in [1.82, 2.24) is 4.90 Å². The molecule has 0 saturated carbocycles. The molecule has 1 aromatic rings. The molecule has 2 atom stereocenters. The average Bonchev–Trinajstić information content (AvgIpc) is 2.71. The van der Waals surface area contributed by atoms with Crippen LogP contribution in [0.4, 0.5) is 5.69 Å². The van der Waals surface area contributed by atoms with Gasteiger partial charge in [-0.25, -0.2) is 0 Å². The van der Waals surface area contributed by atoms with Crippen LogP contribution in [0.5, 0.6) is 0 Å². The maximum atomic E-state index is 11.0. The predicted octanol–water partition coefficient (Wildman–Crippen LogP) is 1.27. The Labute approximate surface area is 103 Å². The minimum absolute atomic E-state index is 0.00255. The monoisotopic (exact) mass is 251 g/mol. The van der Waals surface area contributed by atoms with Gasteiger partial charge in [0.2, 0.25) is 6.04 Å². The maximum Gasteiger partial charge on any atom is 0.269 e. The zero-order chi connectivity index (χ0) is 13.3. The molecule has 0 spiro atoms. The SMILES string of the molecule is CN1CC(c2ccc([N+](=O)[O-])cc2)C([N+](=O)[O-])C1. The molecule has 1 aromatic carbocycles. The molecule has 96 valence electrons. The summed E-state index contributed by atoms with van der Waals surface area (Å²) in [4.78, 5) is 22.7. The fourth-order valence-electron chi connectivity index (χ4n) is 2.36. The number of likely N-dealkylation sites (N-methyl/N-ethyl adjacent to an activating group) is 1. The van der Waals surface area contributed by atoms with Crippen molar-refractivity contribution in [2.45, 2.75) is 12.0 Å². The Bertz CT molecular complexity index is 474. The molecule has 0 amide bonds. The molecular formula is C11H13N3O4. The van der Waals surface area contributed by atoms with Crippen molar-refractivity contribution in [2.75, 3.05) is 20.1 Å². The zero-order valence-corrected chi connectivity index (χ0v) is 9.85. The lowest BCUT2D eigenvalue weighted by Gasteiger charge is -2.12. The smallest absolute Gasteiger partial charge is 0.269 e. The minimum Gasteiger partial charge on any atom is -0.299 e. The van der Waals surface area contributed by atoms with Gasteiger partial charge in [-0.2, -0.15) is 0 Å². The van der Waals surface area contributed by atoms with Crippen LogP contribution in [0.25, 0.3) is 0 Å². The number of non-ortho nitro benzene ring substituents is 1. The van der Waals surface area contributed by atoms with E-state index < -0.39 is 11.0 Å². The molecule has 7 heteroatoms. The Morgan fingerprint density at radius 1 is 1.17 bits per heavy atom. The number of nitro groups is 2. The van der Waals surface area contributed by atoms with Crippen LogP contribution in [0.2, 0.25) is 0 Å². The van der Waals surface area contributed by atoms with Gasteiger partial charge in [0, 0.05) is 23.6 Å². The Morgan fingerprint density at radius 3 is 2.28 bits per heavy atom. The number of hydrogen-bond acceptors (Lipinski definition) is 5. The van der Waals surface area contributed by atoms with Crippen molar-refractivity contribution in [3.63, 3.8) is 0 Å². The predicted molar refractivity (Wildman–Crippen MR) is 64.1 cm³/mol. The van der Waals surface area contributed by atoms with Crippen molar-refractivity contribution in [3.05, 3.63) is 50.1 Å². The lowest BCUT2D eigenvalue weighted by molar-refractivity contribution is -0.521. The molecule has 0 N–H and O–H groups in total. The molecule has 1 heterocycles. The van der Waals surface area contributed by atoms with Crippen molar-refractivity contribution < 1.29 is 9.85 Å². The van der Waals surface area contributed by atoms with Crippen molar-refractivity contribution >= 4 is 5.69 Å². The van der Waals surface area contributed by atoms with Gasteiger partial charge in [-0.3, -0.25) is 25.1 Å². The van der Waals surface area contributed by atoms with E-state index in [1.165, 1.54) is 12.1 Å². The first-order chi connectivity index (χ1) is 8.49. The van der Waals surface area contributed by atoms with Gasteiger partial charge in [-0.1, -0.05) is 12.1 Å². The van der Waals surface area contributed by atoms with Gasteiger partial charge in [0.15, 0.2) is 0 Å². The number of likely N-dealkylation sites (tertiary alicyclic amines) is 1. The molecule has 0 radical (unpaired) electrons. The Balaban J connectivity index is 2.24. The van der Waals surface area contributed by atoms with E-state index in [-0.39, 0.29) is 16.5 Å². The summed E-state index contributed by atoms with van der Waals surface area (Å²) in [5.41, 5.74) is 0.786. The standard InChI is InChI=1S/C11H13N3O4/c1-12-6-10(11(7-12)14(17)18)8-2-4-9(5-3-8)13(15)16/h2-5,10-11H,6-7H2,1H3. The Hall–Kier alpha value is -2.02. The average molecular weight is 251 g/mol. The van der Waals surface area contributed by atoms with Crippen molar-refractivity contribution in [1.29, 1.82) is 0 Å². The van der Waals surface area contributed by atoms with E-state index in [1.54, 1.807) is 12.1 Å². The quantitative estimate of drug-likeness (QED) is 0.596. The minimum atomic E-state index is -0.642. The van der Waals surface area contributed by atoms with E-state index in [2.05, 4.69) is 0 Å². The third-order valence-corrected chi connectivity index (χ3v) is 3.27. The molecule has 0 bridgehead atoms. The number of hydrogen-bond donors (Lipinski definition) is 0. The highest BCUT2D eigenvalue weighted by molar-refractivity contribution is 5.35. The van der Waals surface area contributed by atoms with E-state index in [9.17, 15) is 20.2 Å². The van der Waals surface area contributed by atoms with Crippen LogP contribution < -0.4 is 0 Å². The number of nitrogens with zero attached hydrogens (tertiary/aromatic N) is 3. The topological polar surface area (TPSA) is 89.5 Å². The van der Waals surface area contributed by atoms with Gasteiger partial charge in [-0.15, -0.1) is 0 Å². The highest BCUT2D eigenvalue weighted by Gasteiger charge is 2.40. The summed E-state index contributed by atoms with van der Waals surface area (Å²) in [5.74, 6) is -0.203. The van der Waals surface area contributed by atoms with E-state index >= 15 is 0 Å². The zero-order valence-electron chi connectivity index (χ0n) is 9.85. The molecular weight excluding hydrogens is 238 g/mol. The van der Waals surface area contributed by atoms with Gasteiger partial charge in [0.05, 0.1) is 17.4 Å². The first kappa shape index (κ1) is 12.4. The molecule has 0 aliphatic carbocycles. The molecule has 0 aromatic heterocycles. The molecule has 1 aliphatic heterocycles. The summed E-state index contributed by atoms with van der Waals surface area (Å²) in [7, 11) is 1.84. The van der Waals surface area contributed by atoms with Crippen molar-refractivity contribution in [3.8, 4) is 0 Å². The molecule has 1 saturated heterocycles. The second-order valence-corrected chi connectivity index (χ2v) is 4.53. The van der Waals surface area contributed by atoms with Crippen LogP contribution in [-0.4, -0.2) is 40.9 Å². The van der Waals surface area contributed by atoms with Gasteiger partial charge in [0.25, 0.3) is 5.69 Å². The summed E-state index contributed by atoms with van der Waals surface area (Å²) in [6.07, 6.45) is 0. The summed E-state index contributed by atoms with van der Waals surface area (Å²) in [5, 5.41) is 21.5. The van der Waals surface area contributed by atoms with E-state index in [0.717, 1.165) is 5.56 Å². The lowest BCUT2D eigenvalue weighted by atomic mass is 9.94. The Kier molecular flexibility index (Phi) is 3.24. The normalized spacial score (nSPS) is 24.1. The van der Waals surface area contributed by atoms with E-state index in [1.807, 2.05) is 11.9 Å². The first-order valence-corrected chi connectivity index (χ1v) is 5.55. The van der Waals surface area contributed by atoms with Crippen LogP contribution in [0.15, 0.2) is 24.3 Å². The van der Waals surface area contributed by atoms with E-state index in [4.69, 9.17) is 0 Å². The van der Waals surface area contributed by atoms with E-state index in [0.29, 0.717) is 13.1 Å². The summed E-state index contributed by atoms with van der Waals surface area (Å²) in [6, 6.07) is 5.36. The van der Waals surface area contributed by atoms with Crippen LogP contribution in [-0.2, 0) is 0 Å². The van der Waals surface area contributed by atoms with Gasteiger partial charge < -0.3 is 0 Å². The maximum absolute atomic E-state index is 11.0. The fraction of sp³-hybridized carbons (Fsp3) is 0.455. The number of nitro benzene ring substituents is 1. The Morgan fingerprint density at radius 2 is 1.78 bits per heavy atom. The number of benzene rings is 1. The van der Waals surface area contributed by atoms with Crippen LogP contribution >= 0.6 is 0 Å². The molecule has 2 unspecified atom stereocenters. The van der Waals surface area contributed by atoms with Crippen LogP contribution in [0.1, 0.15) is 11.5 Å². The first-order valence-electron chi connectivity index (χ1n) is 5.55. The highest BCUT2D eigenvalue weighted by atomic mass is 16.6. The highest BCUT2D eigenvalue weighted by Crippen LogP contribution is 2.29. The van der Waals surface area contributed by atoms with Gasteiger partial charge in [-0.05, 0) is 12.6 Å². The summed E-state index contributed by atoms with van der Waals surface area (Å²) >= 11 is 0. The third-order valence-electron chi connectivity index (χ3n) is 3.27. The molecule has 18 heavy (non-hydrogen) atoms. The lowest BCUT2D eigenvalue weighted by Crippen LogP contribution is -2.27. The second kappa shape index (κ2) is 4.69. The third kappa shape index (κ3) is 2.30. The van der Waals surface area contributed by atoms with Crippen LogP contribution in [0, 0.1) is 20.2 Å². The van der Waals surface area contributed by atoms with Gasteiger partial charge in [0.1, 0.15) is 0 Å². The molecule has 7 nitrogen and oxygen atoms in total. The number of rotatable bonds is 3. The van der Waals surface area contributed by atoms with Crippen LogP contribution in [0.3, 0.4) is 0 Å². The second-order valence-electron chi connectivity index (χ2n) is 4.53. The fourth-order valence-corrected chi connectivity index (χ4v) is 2.36. The van der Waals surface area contributed by atoms with Crippen molar-refractivity contribution in [2.24, 2.45) is 0 Å². The molecule has 2 rings (SSSR count). The summed E-state index contributed by atoms with van der Waals surface area (Å²) in [6.45, 7) is 1.01. The molecule has 1 fully saturated rings. The van der Waals surface area contributed by atoms with Gasteiger partial charge >= 0.3 is 0 Å². The largest absolute Gasteiger partial charge is 0.299 e. The summed E-state index contributed by atoms with van der Waals surface area (Å²) < 4.78 is 0. The molecule has 1 aliphatic rings.